The Morgan fingerprint density at radius 1 is 1.28 bits per heavy atom. The number of nitrogens with zero attached hydrogens (tertiary/aromatic N) is 2. The molecule has 2 aliphatic rings. The van der Waals surface area contributed by atoms with E-state index in [1.54, 1.807) is 4.90 Å². The second-order valence-electron chi connectivity index (χ2n) is 6.18. The molecule has 2 atom stereocenters. The predicted octanol–water partition coefficient (Wildman–Crippen LogP) is 3.51. The number of H-pyrrole nitrogens is 1. The van der Waals surface area contributed by atoms with Crippen LogP contribution in [0, 0.1) is 5.82 Å². The van der Waals surface area contributed by atoms with Crippen LogP contribution in [0.3, 0.4) is 0 Å². The molecule has 130 valence electrons. The lowest BCUT2D eigenvalue weighted by molar-refractivity contribution is 0.177. The van der Waals surface area contributed by atoms with Gasteiger partial charge in [0.15, 0.2) is 0 Å². The highest BCUT2D eigenvalue weighted by molar-refractivity contribution is 6.42. The fraction of sp³-hybridized carbons (Fsp3) is 0.312. The van der Waals surface area contributed by atoms with E-state index in [-0.39, 0.29) is 33.4 Å². The summed E-state index contributed by atoms with van der Waals surface area (Å²) in [6, 6.07) is 3.16. The van der Waals surface area contributed by atoms with Crippen LogP contribution in [0.15, 0.2) is 23.0 Å². The Morgan fingerprint density at radius 3 is 2.84 bits per heavy atom. The van der Waals surface area contributed by atoms with Gasteiger partial charge in [-0.2, -0.15) is 5.10 Å². The number of halogens is 3. The van der Waals surface area contributed by atoms with E-state index < -0.39 is 11.8 Å². The van der Waals surface area contributed by atoms with E-state index in [0.717, 1.165) is 24.5 Å². The van der Waals surface area contributed by atoms with E-state index in [1.807, 2.05) is 0 Å². The Bertz CT molecular complexity index is 933. The first-order valence-corrected chi connectivity index (χ1v) is 8.52. The van der Waals surface area contributed by atoms with E-state index in [9.17, 15) is 14.0 Å². The first-order valence-electron chi connectivity index (χ1n) is 7.76. The van der Waals surface area contributed by atoms with Crippen molar-refractivity contribution in [1.29, 1.82) is 0 Å². The van der Waals surface area contributed by atoms with Crippen LogP contribution in [0.2, 0.25) is 10.0 Å². The Hall–Kier alpha value is -2.12. The molecule has 9 heteroatoms. The molecule has 3 heterocycles. The number of carbonyl (C=O) groups excluding carboxylic acids is 1. The lowest BCUT2D eigenvalue weighted by atomic mass is 9.99. The fourth-order valence-corrected chi connectivity index (χ4v) is 3.93. The first-order chi connectivity index (χ1) is 11.9. The summed E-state index contributed by atoms with van der Waals surface area (Å²) in [5.74, 6) is -0.657. The largest absolute Gasteiger partial charge is 0.322 e. The maximum Gasteiger partial charge on any atom is 0.322 e. The fourth-order valence-electron chi connectivity index (χ4n) is 3.61. The van der Waals surface area contributed by atoms with Crippen molar-refractivity contribution in [3.63, 3.8) is 0 Å². The minimum atomic E-state index is -0.657. The monoisotopic (exact) mass is 382 g/mol. The number of carbonyl (C=O) groups is 1. The number of anilines is 1. The van der Waals surface area contributed by atoms with Crippen LogP contribution in [-0.2, 0) is 6.42 Å². The zero-order chi connectivity index (χ0) is 17.7. The second kappa shape index (κ2) is 6.00. The molecule has 1 aromatic carbocycles. The summed E-state index contributed by atoms with van der Waals surface area (Å²) in [7, 11) is 0. The molecule has 2 bridgehead atoms. The molecule has 0 unspecified atom stereocenters. The highest BCUT2D eigenvalue weighted by atomic mass is 35.5. The summed E-state index contributed by atoms with van der Waals surface area (Å²) in [6.45, 7) is 0. The van der Waals surface area contributed by atoms with Crippen LogP contribution in [0.1, 0.15) is 30.1 Å². The van der Waals surface area contributed by atoms with Gasteiger partial charge in [-0.3, -0.25) is 4.79 Å². The van der Waals surface area contributed by atoms with Gasteiger partial charge in [0.25, 0.3) is 5.56 Å². The number of nitrogens with one attached hydrogen (secondary N) is 2. The van der Waals surface area contributed by atoms with Gasteiger partial charge in [-0.25, -0.2) is 14.3 Å². The highest BCUT2D eigenvalue weighted by Crippen LogP contribution is 2.42. The first kappa shape index (κ1) is 16.4. The van der Waals surface area contributed by atoms with Crippen LogP contribution < -0.4 is 10.9 Å². The number of aromatic nitrogens is 2. The van der Waals surface area contributed by atoms with Gasteiger partial charge in [-0.05, 0) is 37.0 Å². The number of urea groups is 1. The topological polar surface area (TPSA) is 78.1 Å². The third kappa shape index (κ3) is 2.77. The minimum Gasteiger partial charge on any atom is -0.313 e. The van der Waals surface area contributed by atoms with Gasteiger partial charge in [-0.15, -0.1) is 0 Å². The summed E-state index contributed by atoms with van der Waals surface area (Å²) in [5.41, 5.74) is 1.27. The average molecular weight is 383 g/mol. The molecule has 2 aliphatic heterocycles. The quantitative estimate of drug-likeness (QED) is 0.740. The van der Waals surface area contributed by atoms with Gasteiger partial charge < -0.3 is 10.2 Å². The number of hydrogen-bond donors (Lipinski definition) is 2. The molecule has 0 saturated carbocycles. The molecule has 2 aromatic rings. The smallest absolute Gasteiger partial charge is 0.313 e. The number of amides is 2. The summed E-state index contributed by atoms with van der Waals surface area (Å²) >= 11 is 11.7. The van der Waals surface area contributed by atoms with E-state index in [1.165, 1.54) is 12.1 Å². The van der Waals surface area contributed by atoms with Crippen molar-refractivity contribution in [3.05, 3.63) is 55.7 Å². The van der Waals surface area contributed by atoms with Crippen LogP contribution in [0.25, 0.3) is 0 Å². The van der Waals surface area contributed by atoms with Crippen molar-refractivity contribution in [3.8, 4) is 0 Å². The summed E-state index contributed by atoms with van der Waals surface area (Å²) in [5, 5.41) is 9.33. The van der Waals surface area contributed by atoms with Crippen LogP contribution in [0.4, 0.5) is 14.9 Å². The van der Waals surface area contributed by atoms with E-state index in [2.05, 4.69) is 15.5 Å². The molecule has 1 saturated heterocycles. The molecule has 1 aromatic heterocycles. The number of rotatable bonds is 1. The lowest BCUT2D eigenvalue weighted by Gasteiger charge is -2.35. The molecule has 2 amide bonds. The highest BCUT2D eigenvalue weighted by Gasteiger charge is 2.44. The molecule has 0 spiro atoms. The molecule has 0 radical (unpaired) electrons. The zero-order valence-corrected chi connectivity index (χ0v) is 14.4. The normalized spacial score (nSPS) is 21.2. The Kier molecular flexibility index (Phi) is 3.92. The molecule has 25 heavy (non-hydrogen) atoms. The van der Waals surface area contributed by atoms with Gasteiger partial charge in [0.05, 0.1) is 27.5 Å². The van der Waals surface area contributed by atoms with Crippen molar-refractivity contribution >= 4 is 34.9 Å². The second-order valence-corrected chi connectivity index (χ2v) is 6.99. The molecule has 4 rings (SSSR count). The van der Waals surface area contributed by atoms with Gasteiger partial charge in [0.2, 0.25) is 0 Å². The van der Waals surface area contributed by atoms with Crippen molar-refractivity contribution in [2.45, 2.75) is 31.3 Å². The minimum absolute atomic E-state index is 0.0287. The Labute approximate surface area is 151 Å². The van der Waals surface area contributed by atoms with E-state index in [4.69, 9.17) is 23.2 Å². The molecule has 2 N–H and O–H groups in total. The van der Waals surface area contributed by atoms with E-state index >= 15 is 0 Å². The van der Waals surface area contributed by atoms with Crippen molar-refractivity contribution in [2.24, 2.45) is 0 Å². The lowest BCUT2D eigenvalue weighted by Crippen LogP contribution is -2.45. The Morgan fingerprint density at radius 2 is 2.04 bits per heavy atom. The predicted molar refractivity (Wildman–Crippen MR) is 91.6 cm³/mol. The van der Waals surface area contributed by atoms with Gasteiger partial charge in [0.1, 0.15) is 5.82 Å². The number of benzene rings is 1. The van der Waals surface area contributed by atoms with Crippen LogP contribution in [0.5, 0.6) is 0 Å². The maximum absolute atomic E-state index is 14.0. The number of aromatic amines is 1. The van der Waals surface area contributed by atoms with Crippen molar-refractivity contribution in [1.82, 2.24) is 15.1 Å². The summed E-state index contributed by atoms with van der Waals surface area (Å²) < 4.78 is 14.0. The van der Waals surface area contributed by atoms with Crippen molar-refractivity contribution in [2.75, 3.05) is 5.32 Å². The van der Waals surface area contributed by atoms with Crippen LogP contribution in [-0.4, -0.2) is 27.2 Å². The third-order valence-corrected chi connectivity index (χ3v) is 5.40. The molecule has 6 nitrogen and oxygen atoms in total. The van der Waals surface area contributed by atoms with Gasteiger partial charge in [0, 0.05) is 12.1 Å². The van der Waals surface area contributed by atoms with Crippen LogP contribution >= 0.6 is 23.2 Å². The zero-order valence-electron chi connectivity index (χ0n) is 12.9. The molecule has 0 aliphatic carbocycles. The Balaban J connectivity index is 1.63. The van der Waals surface area contributed by atoms with E-state index in [0.29, 0.717) is 12.1 Å². The van der Waals surface area contributed by atoms with Gasteiger partial charge >= 0.3 is 6.03 Å². The number of hydrogen-bond acceptors (Lipinski definition) is 3. The molecular weight excluding hydrogens is 370 g/mol. The summed E-state index contributed by atoms with van der Waals surface area (Å²) in [4.78, 5) is 25.8. The standard InChI is InChI=1S/C16H13Cl2FN4O2/c17-9-5-11(19)12(6-10(9)18)20-16(25)23-8-1-2-13(23)15-7(3-8)4-14(24)21-22-15/h4-6,8,13H,1-3H2,(H,20,25)(H,21,24)/t8-,13+/m0/s1. The molecular formula is C16H13Cl2FN4O2. The summed E-state index contributed by atoms with van der Waals surface area (Å²) in [6.07, 6.45) is 2.10. The van der Waals surface area contributed by atoms with Crippen molar-refractivity contribution < 1.29 is 9.18 Å². The van der Waals surface area contributed by atoms with Gasteiger partial charge in [-0.1, -0.05) is 23.2 Å². The number of fused-ring (bicyclic) bond motifs is 4. The average Bonchev–Trinajstić information content (AvgIpc) is 2.88. The maximum atomic E-state index is 14.0. The SMILES string of the molecule is O=C(Nc1cc(Cl)c(Cl)cc1F)N1[C@H]2CC[C@@H]1c1n[nH]c(=O)cc1C2. The third-order valence-electron chi connectivity index (χ3n) is 4.68. The molecule has 1 fully saturated rings.